The van der Waals surface area contributed by atoms with Crippen molar-refractivity contribution in [2.45, 2.75) is 20.4 Å². The van der Waals surface area contributed by atoms with Crippen LogP contribution in [0.5, 0.6) is 11.6 Å². The van der Waals surface area contributed by atoms with Gasteiger partial charge in [0.2, 0.25) is 11.8 Å². The third kappa shape index (κ3) is 6.35. The van der Waals surface area contributed by atoms with E-state index in [9.17, 15) is 9.59 Å². The highest BCUT2D eigenvalue weighted by molar-refractivity contribution is 5.89. The topological polar surface area (TPSA) is 92.4 Å². The van der Waals surface area contributed by atoms with E-state index in [4.69, 9.17) is 4.74 Å². The minimum Gasteiger partial charge on any atom is -0.439 e. The van der Waals surface area contributed by atoms with E-state index in [1.165, 1.54) is 13.1 Å². The van der Waals surface area contributed by atoms with Crippen LogP contribution >= 0.6 is 0 Å². The van der Waals surface area contributed by atoms with Crippen molar-refractivity contribution < 1.29 is 14.3 Å². The number of benzene rings is 2. The Morgan fingerprint density at radius 3 is 2.45 bits per heavy atom. The molecule has 1 aromatic heterocycles. The number of carbonyl (C=O) groups excluding carboxylic acids is 2. The number of hydrogen-bond donors (Lipinski definition) is 3. The van der Waals surface area contributed by atoms with E-state index in [1.54, 1.807) is 24.3 Å². The molecule has 3 N–H and O–H groups in total. The molecule has 0 unspecified atom stereocenters. The van der Waals surface area contributed by atoms with E-state index in [2.05, 4.69) is 20.9 Å². The second-order valence-electron chi connectivity index (χ2n) is 6.49. The van der Waals surface area contributed by atoms with Crippen LogP contribution in [-0.4, -0.2) is 16.9 Å². The van der Waals surface area contributed by atoms with Gasteiger partial charge >= 0.3 is 6.03 Å². The zero-order valence-electron chi connectivity index (χ0n) is 16.2. The molecule has 3 aromatic rings. The number of nitrogens with zero attached hydrogens (tertiary/aromatic N) is 1. The van der Waals surface area contributed by atoms with E-state index in [-0.39, 0.29) is 11.9 Å². The van der Waals surface area contributed by atoms with Gasteiger partial charge in [0.15, 0.2) is 0 Å². The van der Waals surface area contributed by atoms with Crippen molar-refractivity contribution in [3.05, 3.63) is 78.0 Å². The summed E-state index contributed by atoms with van der Waals surface area (Å²) in [6, 6.07) is 18.0. The van der Waals surface area contributed by atoms with Crippen molar-refractivity contribution in [1.82, 2.24) is 10.3 Å². The van der Waals surface area contributed by atoms with Gasteiger partial charge in [-0.25, -0.2) is 9.78 Å². The van der Waals surface area contributed by atoms with Crippen LogP contribution < -0.4 is 20.7 Å². The van der Waals surface area contributed by atoms with Gasteiger partial charge in [0.25, 0.3) is 0 Å². The number of anilines is 2. The second kappa shape index (κ2) is 9.36. The number of aryl methyl sites for hydroxylation is 1. The maximum atomic E-state index is 12.1. The minimum absolute atomic E-state index is 0.143. The van der Waals surface area contributed by atoms with Gasteiger partial charge in [-0.05, 0) is 42.8 Å². The van der Waals surface area contributed by atoms with Gasteiger partial charge in [-0.1, -0.05) is 29.8 Å². The monoisotopic (exact) mass is 390 g/mol. The number of pyridine rings is 1. The molecule has 148 valence electrons. The van der Waals surface area contributed by atoms with Crippen LogP contribution in [0, 0.1) is 6.92 Å². The number of hydrogen-bond acceptors (Lipinski definition) is 4. The highest BCUT2D eigenvalue weighted by Crippen LogP contribution is 2.20. The van der Waals surface area contributed by atoms with Crippen molar-refractivity contribution in [1.29, 1.82) is 0 Å². The predicted molar refractivity (Wildman–Crippen MR) is 112 cm³/mol. The molecular weight excluding hydrogens is 368 g/mol. The summed E-state index contributed by atoms with van der Waals surface area (Å²) in [5.41, 5.74) is 3.25. The first-order chi connectivity index (χ1) is 14.0. The standard InChI is InChI=1S/C22H22N4O3/c1-15-6-9-20(10-7-15)29-21-11-8-19(14-23-21)26-22(28)24-13-17-4-3-5-18(12-17)25-16(2)27/h3-12,14H,13H2,1-2H3,(H,25,27)(H2,24,26,28). The van der Waals surface area contributed by atoms with Crippen molar-refractivity contribution in [3.63, 3.8) is 0 Å². The molecule has 1 heterocycles. The van der Waals surface area contributed by atoms with Crippen LogP contribution in [0.4, 0.5) is 16.2 Å². The molecule has 29 heavy (non-hydrogen) atoms. The molecule has 0 aliphatic rings. The Hall–Kier alpha value is -3.87. The SMILES string of the molecule is CC(=O)Nc1cccc(CNC(=O)Nc2ccc(Oc3ccc(C)cc3)nc2)c1. The number of amides is 3. The molecule has 2 aromatic carbocycles. The van der Waals surface area contributed by atoms with Gasteiger partial charge in [0, 0.05) is 25.2 Å². The summed E-state index contributed by atoms with van der Waals surface area (Å²) in [7, 11) is 0. The average Bonchev–Trinajstić information content (AvgIpc) is 2.69. The maximum absolute atomic E-state index is 12.1. The molecule has 0 spiro atoms. The van der Waals surface area contributed by atoms with Crippen molar-refractivity contribution in [3.8, 4) is 11.6 Å². The Morgan fingerprint density at radius 1 is 0.966 bits per heavy atom. The molecule has 0 bridgehead atoms. The van der Waals surface area contributed by atoms with Crippen LogP contribution in [0.15, 0.2) is 66.9 Å². The molecule has 0 atom stereocenters. The number of carbonyl (C=O) groups is 2. The predicted octanol–water partition coefficient (Wildman–Crippen LogP) is 4.46. The smallest absolute Gasteiger partial charge is 0.319 e. The lowest BCUT2D eigenvalue weighted by molar-refractivity contribution is -0.114. The van der Waals surface area contributed by atoms with Crippen LogP contribution in [0.3, 0.4) is 0 Å². The number of rotatable bonds is 6. The van der Waals surface area contributed by atoms with Crippen molar-refractivity contribution in [2.75, 3.05) is 10.6 Å². The molecule has 0 saturated heterocycles. The molecular formula is C22H22N4O3. The lowest BCUT2D eigenvalue weighted by Crippen LogP contribution is -2.28. The van der Waals surface area contributed by atoms with Gasteiger partial charge in [0.1, 0.15) is 5.75 Å². The molecule has 7 nitrogen and oxygen atoms in total. The zero-order valence-corrected chi connectivity index (χ0v) is 16.2. The van der Waals surface area contributed by atoms with Crippen molar-refractivity contribution >= 4 is 23.3 Å². The lowest BCUT2D eigenvalue weighted by Gasteiger charge is -2.10. The zero-order chi connectivity index (χ0) is 20.6. The summed E-state index contributed by atoms with van der Waals surface area (Å²) in [4.78, 5) is 27.4. The Kier molecular flexibility index (Phi) is 6.42. The summed E-state index contributed by atoms with van der Waals surface area (Å²) >= 11 is 0. The third-order valence-corrected chi connectivity index (χ3v) is 3.94. The largest absolute Gasteiger partial charge is 0.439 e. The highest BCUT2D eigenvalue weighted by Gasteiger charge is 2.05. The van der Waals surface area contributed by atoms with Crippen LogP contribution in [-0.2, 0) is 11.3 Å². The molecule has 0 fully saturated rings. The Balaban J connectivity index is 1.50. The number of nitrogens with one attached hydrogen (secondary N) is 3. The third-order valence-electron chi connectivity index (χ3n) is 3.94. The first-order valence-corrected chi connectivity index (χ1v) is 9.10. The van der Waals surface area contributed by atoms with E-state index in [1.807, 2.05) is 43.3 Å². The maximum Gasteiger partial charge on any atom is 0.319 e. The van der Waals surface area contributed by atoms with Crippen molar-refractivity contribution in [2.24, 2.45) is 0 Å². The van der Waals surface area contributed by atoms with Gasteiger partial charge in [-0.3, -0.25) is 4.79 Å². The quantitative estimate of drug-likeness (QED) is 0.579. The van der Waals surface area contributed by atoms with Crippen LogP contribution in [0.25, 0.3) is 0 Å². The first-order valence-electron chi connectivity index (χ1n) is 9.10. The van der Waals surface area contributed by atoms with Gasteiger partial charge in [-0.2, -0.15) is 0 Å². The second-order valence-corrected chi connectivity index (χ2v) is 6.49. The summed E-state index contributed by atoms with van der Waals surface area (Å²) in [5.74, 6) is 0.993. The molecule has 0 aliphatic carbocycles. The molecule has 7 heteroatoms. The average molecular weight is 390 g/mol. The summed E-state index contributed by atoms with van der Waals surface area (Å²) < 4.78 is 5.67. The van der Waals surface area contributed by atoms with Gasteiger partial charge < -0.3 is 20.7 Å². The number of urea groups is 1. The summed E-state index contributed by atoms with van der Waals surface area (Å²) in [6.45, 7) is 3.78. The number of ether oxygens (including phenoxy) is 1. The fourth-order valence-electron chi connectivity index (χ4n) is 2.56. The van der Waals surface area contributed by atoms with Crippen LogP contribution in [0.1, 0.15) is 18.1 Å². The van der Waals surface area contributed by atoms with Gasteiger partial charge in [-0.15, -0.1) is 0 Å². The Labute approximate surface area is 169 Å². The van der Waals surface area contributed by atoms with E-state index in [0.717, 1.165) is 11.1 Å². The molecule has 3 amide bonds. The van der Waals surface area contributed by atoms with E-state index < -0.39 is 0 Å². The lowest BCUT2D eigenvalue weighted by atomic mass is 10.2. The van der Waals surface area contributed by atoms with E-state index >= 15 is 0 Å². The summed E-state index contributed by atoms with van der Waals surface area (Å²) in [5, 5.41) is 8.20. The summed E-state index contributed by atoms with van der Waals surface area (Å²) in [6.07, 6.45) is 1.53. The Bertz CT molecular complexity index is 986. The van der Waals surface area contributed by atoms with E-state index in [0.29, 0.717) is 29.5 Å². The molecule has 0 saturated carbocycles. The molecule has 0 radical (unpaired) electrons. The van der Waals surface area contributed by atoms with Crippen LogP contribution in [0.2, 0.25) is 0 Å². The normalized spacial score (nSPS) is 10.1. The fraction of sp³-hybridized carbons (Fsp3) is 0.136. The Morgan fingerprint density at radius 2 is 1.76 bits per heavy atom. The fourth-order valence-corrected chi connectivity index (χ4v) is 2.56. The molecule has 3 rings (SSSR count). The highest BCUT2D eigenvalue weighted by atomic mass is 16.5. The number of aromatic nitrogens is 1. The first kappa shape index (κ1) is 19.9. The molecule has 0 aliphatic heterocycles. The minimum atomic E-state index is -0.357. The van der Waals surface area contributed by atoms with Gasteiger partial charge in [0.05, 0.1) is 11.9 Å².